The Balaban J connectivity index is 1.20. The minimum Gasteiger partial charge on any atom is -0.375 e. The zero-order valence-electron chi connectivity index (χ0n) is 17.6. The summed E-state index contributed by atoms with van der Waals surface area (Å²) in [6, 6.07) is 0.653. The summed E-state index contributed by atoms with van der Waals surface area (Å²) in [6.07, 6.45) is 6.18. The summed E-state index contributed by atoms with van der Waals surface area (Å²) in [5.41, 5.74) is -0.0321. The third kappa shape index (κ3) is 6.16. The summed E-state index contributed by atoms with van der Waals surface area (Å²) < 4.78 is 18.3. The lowest BCUT2D eigenvalue weighted by Gasteiger charge is -2.42. The maximum Gasteiger partial charge on any atom is 0.0829 e. The molecule has 0 bridgehead atoms. The van der Waals surface area contributed by atoms with Crippen LogP contribution in [-0.4, -0.2) is 85.2 Å². The van der Waals surface area contributed by atoms with Crippen LogP contribution in [0.3, 0.4) is 0 Å². The Bertz CT molecular complexity index is 417. The Hall–Kier alpha value is -0.200. The maximum absolute atomic E-state index is 6.28. The Labute approximate surface area is 160 Å². The number of likely N-dealkylation sites (tertiary alicyclic amines) is 2. The van der Waals surface area contributed by atoms with Crippen LogP contribution in [-0.2, 0) is 14.2 Å². The number of rotatable bonds is 8. The minimum absolute atomic E-state index is 0.0321. The van der Waals surface area contributed by atoms with E-state index >= 15 is 0 Å². The van der Waals surface area contributed by atoms with Crippen molar-refractivity contribution in [3.8, 4) is 0 Å². The molecule has 3 rings (SSSR count). The third-order valence-electron chi connectivity index (χ3n) is 5.86. The van der Waals surface area contributed by atoms with Gasteiger partial charge >= 0.3 is 0 Å². The van der Waals surface area contributed by atoms with Gasteiger partial charge in [-0.25, -0.2) is 0 Å². The highest BCUT2D eigenvalue weighted by atomic mass is 16.5. The summed E-state index contributed by atoms with van der Waals surface area (Å²) >= 11 is 0. The molecule has 152 valence electrons. The van der Waals surface area contributed by atoms with Gasteiger partial charge in [0, 0.05) is 38.8 Å². The molecule has 0 aromatic carbocycles. The third-order valence-corrected chi connectivity index (χ3v) is 5.86. The van der Waals surface area contributed by atoms with E-state index in [1.54, 1.807) is 0 Å². The Morgan fingerprint density at radius 2 is 1.58 bits per heavy atom. The molecule has 3 aliphatic rings. The molecule has 0 aromatic rings. The summed E-state index contributed by atoms with van der Waals surface area (Å²) in [7, 11) is 0. The average Bonchev–Trinajstić information content (AvgIpc) is 2.47. The first-order valence-electron chi connectivity index (χ1n) is 10.7. The number of ether oxygens (including phenoxy) is 3. The molecule has 0 N–H and O–H groups in total. The van der Waals surface area contributed by atoms with Gasteiger partial charge in [-0.3, -0.25) is 4.90 Å². The molecule has 0 spiro atoms. The lowest BCUT2D eigenvalue weighted by atomic mass is 9.90. The van der Waals surface area contributed by atoms with Crippen molar-refractivity contribution in [2.75, 3.05) is 39.3 Å². The van der Waals surface area contributed by atoms with Crippen LogP contribution in [0.4, 0.5) is 0 Å². The van der Waals surface area contributed by atoms with Crippen molar-refractivity contribution in [1.82, 2.24) is 9.80 Å². The van der Waals surface area contributed by atoms with Crippen molar-refractivity contribution in [2.45, 2.75) is 96.4 Å². The molecule has 2 heterocycles. The summed E-state index contributed by atoms with van der Waals surface area (Å²) in [6.45, 7) is 17.3. The molecule has 0 unspecified atom stereocenters. The van der Waals surface area contributed by atoms with Crippen molar-refractivity contribution in [2.24, 2.45) is 0 Å². The smallest absolute Gasteiger partial charge is 0.0829 e. The zero-order valence-corrected chi connectivity index (χ0v) is 17.6. The highest BCUT2D eigenvalue weighted by molar-refractivity contribution is 4.86. The van der Waals surface area contributed by atoms with E-state index in [2.05, 4.69) is 44.4 Å². The first-order valence-corrected chi connectivity index (χ1v) is 10.7. The number of piperidine rings is 1. The van der Waals surface area contributed by atoms with E-state index in [0.717, 1.165) is 65.0 Å². The van der Waals surface area contributed by atoms with Gasteiger partial charge in [0.1, 0.15) is 0 Å². The number of hydrogen-bond donors (Lipinski definition) is 0. The fourth-order valence-electron chi connectivity index (χ4n) is 4.11. The maximum atomic E-state index is 6.28. The molecule has 5 heteroatoms. The molecule has 2 saturated heterocycles. The molecule has 5 nitrogen and oxygen atoms in total. The van der Waals surface area contributed by atoms with Crippen LogP contribution in [0.2, 0.25) is 0 Å². The first kappa shape index (κ1) is 20.5. The molecule has 0 amide bonds. The van der Waals surface area contributed by atoms with E-state index in [1.165, 1.54) is 0 Å². The number of nitrogens with zero attached hydrogens (tertiary/aromatic N) is 2. The molecule has 1 saturated carbocycles. The molecule has 3 fully saturated rings. The Kier molecular flexibility index (Phi) is 7.00. The first-order chi connectivity index (χ1) is 12.3. The summed E-state index contributed by atoms with van der Waals surface area (Å²) in [5.74, 6) is 0. The van der Waals surface area contributed by atoms with E-state index in [4.69, 9.17) is 14.2 Å². The van der Waals surface area contributed by atoms with E-state index < -0.39 is 0 Å². The van der Waals surface area contributed by atoms with Crippen molar-refractivity contribution in [3.05, 3.63) is 0 Å². The molecule has 26 heavy (non-hydrogen) atoms. The molecule has 0 atom stereocenters. The van der Waals surface area contributed by atoms with Crippen LogP contribution in [0.5, 0.6) is 0 Å². The van der Waals surface area contributed by atoms with E-state index in [1.807, 2.05) is 0 Å². The molecule has 0 radical (unpaired) electrons. The zero-order chi connectivity index (χ0) is 18.7. The van der Waals surface area contributed by atoms with E-state index in [0.29, 0.717) is 30.5 Å². The normalized spacial score (nSPS) is 29.8. The second-order valence-electron chi connectivity index (χ2n) is 9.66. The van der Waals surface area contributed by atoms with Gasteiger partial charge < -0.3 is 19.1 Å². The quantitative estimate of drug-likeness (QED) is 0.658. The van der Waals surface area contributed by atoms with Gasteiger partial charge in [0.25, 0.3) is 0 Å². The standard InChI is InChI=1S/C21H40N2O3/c1-16(2)23-14-20(15-23)24-11-10-22-8-6-17(7-9-22)25-18-12-19(13-18)26-21(3,4)5/h16-20H,6-15H2,1-5H3/t18-,19-. The van der Waals surface area contributed by atoms with E-state index in [9.17, 15) is 0 Å². The monoisotopic (exact) mass is 368 g/mol. The van der Waals surface area contributed by atoms with Gasteiger partial charge in [-0.15, -0.1) is 0 Å². The predicted octanol–water partition coefficient (Wildman–Crippen LogP) is 2.92. The van der Waals surface area contributed by atoms with Crippen molar-refractivity contribution in [3.63, 3.8) is 0 Å². The largest absolute Gasteiger partial charge is 0.375 e. The second-order valence-corrected chi connectivity index (χ2v) is 9.66. The van der Waals surface area contributed by atoms with Crippen LogP contribution in [0, 0.1) is 0 Å². The summed E-state index contributed by atoms with van der Waals surface area (Å²) in [5, 5.41) is 0. The van der Waals surface area contributed by atoms with Crippen LogP contribution < -0.4 is 0 Å². The van der Waals surface area contributed by atoms with Gasteiger partial charge in [0.15, 0.2) is 0 Å². The van der Waals surface area contributed by atoms with Crippen LogP contribution in [0.1, 0.15) is 60.3 Å². The van der Waals surface area contributed by atoms with Gasteiger partial charge in [-0.2, -0.15) is 0 Å². The topological polar surface area (TPSA) is 34.2 Å². The van der Waals surface area contributed by atoms with Crippen molar-refractivity contribution in [1.29, 1.82) is 0 Å². The average molecular weight is 369 g/mol. The van der Waals surface area contributed by atoms with Crippen LogP contribution in [0.15, 0.2) is 0 Å². The minimum atomic E-state index is -0.0321. The summed E-state index contributed by atoms with van der Waals surface area (Å²) in [4.78, 5) is 5.00. The highest BCUT2D eigenvalue weighted by Crippen LogP contribution is 2.32. The molecule has 0 aromatic heterocycles. The lowest BCUT2D eigenvalue weighted by molar-refractivity contribution is -0.168. The lowest BCUT2D eigenvalue weighted by Crippen LogP contribution is -2.55. The fraction of sp³-hybridized carbons (Fsp3) is 1.00. The SMILES string of the molecule is CC(C)N1CC(OCCN2CCC(O[C@H]3C[C@H](OC(C)(C)C)C3)CC2)C1. The van der Waals surface area contributed by atoms with E-state index in [-0.39, 0.29) is 5.60 Å². The van der Waals surface area contributed by atoms with Crippen molar-refractivity contribution >= 4 is 0 Å². The van der Waals surface area contributed by atoms with Gasteiger partial charge in [-0.05, 0) is 60.3 Å². The molecule has 2 aliphatic heterocycles. The van der Waals surface area contributed by atoms with Gasteiger partial charge in [0.2, 0.25) is 0 Å². The van der Waals surface area contributed by atoms with Crippen LogP contribution >= 0.6 is 0 Å². The highest BCUT2D eigenvalue weighted by Gasteiger charge is 2.35. The van der Waals surface area contributed by atoms with Gasteiger partial charge in [-0.1, -0.05) is 0 Å². The fourth-order valence-corrected chi connectivity index (χ4v) is 4.11. The predicted molar refractivity (Wildman–Crippen MR) is 105 cm³/mol. The number of hydrogen-bond acceptors (Lipinski definition) is 5. The van der Waals surface area contributed by atoms with Crippen LogP contribution in [0.25, 0.3) is 0 Å². The second kappa shape index (κ2) is 8.87. The Morgan fingerprint density at radius 3 is 2.15 bits per heavy atom. The van der Waals surface area contributed by atoms with Crippen molar-refractivity contribution < 1.29 is 14.2 Å². The molecular weight excluding hydrogens is 328 g/mol. The molecular formula is C21H40N2O3. The Morgan fingerprint density at radius 1 is 0.923 bits per heavy atom. The molecule has 1 aliphatic carbocycles. The van der Waals surface area contributed by atoms with Gasteiger partial charge in [0.05, 0.1) is 36.6 Å².